The zero-order valence-corrected chi connectivity index (χ0v) is 52.4. The molecule has 0 spiro atoms. The Morgan fingerprint density at radius 2 is 1.37 bits per heavy atom. The molecule has 31 heteroatoms. The van der Waals surface area contributed by atoms with Gasteiger partial charge >= 0.3 is 11.9 Å². The SMILES string of the molecule is Cc1sc2nc1C(=O)NCc1nc(cs1)C(=O)N[C@@H](Cc1ccc(O)cc1)C(=O)N1C[C@H](O)[C@H](C)[C@H]1c1nc(cs1)-c1nc(cs1)-c1nc(-c3nc(C(=O)N(CCCCC(=O)O)[C@H]4CC[C@H](C(=O)O)CC4)cs3)ccc1-c1nc(cs1)C(=O)N[C@H]2CC(N)=O. The van der Waals surface area contributed by atoms with Gasteiger partial charge in [-0.25, -0.2) is 34.9 Å². The lowest BCUT2D eigenvalue weighted by Crippen LogP contribution is -2.50. The molecule has 9 N–H and O–H groups in total. The van der Waals surface area contributed by atoms with Gasteiger partial charge < -0.3 is 51.9 Å². The average Bonchev–Trinajstić information content (AvgIpc) is 1.81. The summed E-state index contributed by atoms with van der Waals surface area (Å²) in [4.78, 5) is 145. The Morgan fingerprint density at radius 1 is 0.697 bits per heavy atom. The summed E-state index contributed by atoms with van der Waals surface area (Å²) in [6, 6.07) is 6.42. The number of carbonyl (C=O) groups is 8. The fourth-order valence-electron chi connectivity index (χ4n) is 11.0. The number of phenols is 1. The number of primary amides is 1. The maximum Gasteiger partial charge on any atom is 0.306 e. The monoisotopic (exact) mass is 1320 g/mol. The molecule has 2 fully saturated rings. The second-order valence-corrected chi connectivity index (χ2v) is 27.3. The fraction of sp³-hybridized carbons (Fsp3) is 0.362. The molecule has 5 atom stereocenters. The quantitative estimate of drug-likeness (QED) is 0.0523. The summed E-state index contributed by atoms with van der Waals surface area (Å²) in [5.74, 6) is -6.42. The molecule has 7 aromatic heterocycles. The number of nitrogens with zero attached hydrogens (tertiary/aromatic N) is 9. The number of aliphatic hydroxyl groups is 1. The van der Waals surface area contributed by atoms with Crippen LogP contribution in [-0.4, -0.2) is 144 Å². The zero-order chi connectivity index (χ0) is 62.8. The van der Waals surface area contributed by atoms with Crippen LogP contribution in [0.3, 0.4) is 0 Å². The number of aromatic nitrogens is 7. The van der Waals surface area contributed by atoms with Crippen molar-refractivity contribution in [3.8, 4) is 49.1 Å². The third-order valence-electron chi connectivity index (χ3n) is 15.6. The van der Waals surface area contributed by atoms with E-state index in [1.165, 1.54) is 61.8 Å². The Hall–Kier alpha value is -8.33. The minimum Gasteiger partial charge on any atom is -0.508 e. The summed E-state index contributed by atoms with van der Waals surface area (Å²) in [6.45, 7) is 3.55. The van der Waals surface area contributed by atoms with Crippen LogP contribution in [0.4, 0.5) is 0 Å². The Kier molecular flexibility index (Phi) is 18.7. The van der Waals surface area contributed by atoms with Crippen molar-refractivity contribution >= 4 is 115 Å². The van der Waals surface area contributed by atoms with Crippen LogP contribution in [0.1, 0.15) is 138 Å². The van der Waals surface area contributed by atoms with Gasteiger partial charge in [-0.1, -0.05) is 19.1 Å². The number of carboxylic acid groups (broad SMARTS) is 2. The van der Waals surface area contributed by atoms with Crippen molar-refractivity contribution in [1.29, 1.82) is 0 Å². The number of hydrogen-bond donors (Lipinski definition) is 8. The first-order valence-corrected chi connectivity index (χ1v) is 33.4. The third-order valence-corrected chi connectivity index (χ3v) is 21.1. The van der Waals surface area contributed by atoms with Crippen molar-refractivity contribution in [2.45, 2.75) is 108 Å². The minimum atomic E-state index is -1.19. The van der Waals surface area contributed by atoms with Gasteiger partial charge in [0, 0.05) is 75.2 Å². The van der Waals surface area contributed by atoms with Crippen molar-refractivity contribution in [3.05, 3.63) is 112 Å². The number of rotatable bonds is 13. The van der Waals surface area contributed by atoms with Crippen LogP contribution in [-0.2, 0) is 32.1 Å². The maximum absolute atomic E-state index is 15.0. The molecular weight excluding hydrogens is 1260 g/mol. The van der Waals surface area contributed by atoms with Gasteiger partial charge in [-0.3, -0.25) is 38.4 Å². The molecule has 11 rings (SSSR count). The lowest BCUT2D eigenvalue weighted by atomic mass is 9.85. The average molecular weight is 1320 g/mol. The number of thiazole rings is 6. The minimum absolute atomic E-state index is 0.00539. The van der Waals surface area contributed by atoms with Crippen molar-refractivity contribution in [2.75, 3.05) is 13.1 Å². The van der Waals surface area contributed by atoms with Crippen LogP contribution in [0.5, 0.6) is 5.75 Å². The van der Waals surface area contributed by atoms with Crippen LogP contribution >= 0.6 is 68.0 Å². The number of aliphatic carboxylic acids is 2. The summed E-state index contributed by atoms with van der Waals surface area (Å²) in [5, 5.41) is 59.5. The number of amides is 6. The van der Waals surface area contributed by atoms with Gasteiger partial charge in [-0.05, 0) is 75.3 Å². The highest BCUT2D eigenvalue weighted by Crippen LogP contribution is 2.43. The predicted molar refractivity (Wildman–Crippen MR) is 331 cm³/mol. The number of benzene rings is 1. The molecule has 6 amide bonds. The molecule has 2 aliphatic heterocycles. The number of nitrogens with one attached hydrogen (secondary N) is 3. The van der Waals surface area contributed by atoms with E-state index in [2.05, 4.69) is 25.9 Å². The summed E-state index contributed by atoms with van der Waals surface area (Å²) in [6.07, 6.45) is 1.07. The standard InChI is InChI=1S/C58H57N13O12S6/c1-26-41(73)20-71-47(26)55-67-39(24-88-55)53-65-36(21-86-53)46-32(14-15-33(62-46)52-68-40(25-87-52)57(81)70(16-4-3-5-44(75)76)30-10-8-29(9-11-30)58(82)83)51-66-38(23-85-51)49(78)63-34(18-42(59)74)54-69-45(27(2)89-54)50(79)60-19-43-61-37(22-84-43)48(77)64-35(56(71)80)17-28-6-12-31(72)13-7-28/h6-7,12-15,21-26,29-30,34-35,41,47,72-73H,3-5,8-11,16-20H2,1-2H3,(H2,59,74)(H,60,79)(H,63,78)(H,64,77)(H,75,76)(H,82,83)/t26-,29-,30-,34-,35-,41-,47-/m0/s1. The lowest BCUT2D eigenvalue weighted by Gasteiger charge is -2.35. The number of carboxylic acids is 2. The molecule has 0 unspecified atom stereocenters. The number of aliphatic hydroxyl groups excluding tert-OH is 1. The van der Waals surface area contributed by atoms with Crippen LogP contribution in [0.25, 0.3) is 43.4 Å². The van der Waals surface area contributed by atoms with Gasteiger partial charge in [-0.15, -0.1) is 68.0 Å². The van der Waals surface area contributed by atoms with Crippen molar-refractivity contribution in [3.63, 3.8) is 0 Å². The highest BCUT2D eigenvalue weighted by atomic mass is 32.1. The van der Waals surface area contributed by atoms with E-state index in [1.54, 1.807) is 52.2 Å². The van der Waals surface area contributed by atoms with Gasteiger partial charge in [0.05, 0.1) is 42.8 Å². The van der Waals surface area contributed by atoms with Crippen LogP contribution in [0, 0.1) is 18.8 Å². The van der Waals surface area contributed by atoms with Crippen LogP contribution < -0.4 is 21.7 Å². The molecule has 89 heavy (non-hydrogen) atoms. The molecule has 9 heterocycles. The van der Waals surface area contributed by atoms with Gasteiger partial charge in [-0.2, -0.15) is 0 Å². The highest BCUT2D eigenvalue weighted by Gasteiger charge is 2.45. The molecule has 1 aromatic carbocycles. The lowest BCUT2D eigenvalue weighted by molar-refractivity contribution is -0.143. The van der Waals surface area contributed by atoms with E-state index in [9.17, 15) is 58.8 Å². The Balaban J connectivity index is 0.962. The van der Waals surface area contributed by atoms with E-state index in [-0.39, 0.29) is 84.4 Å². The fourth-order valence-corrected chi connectivity index (χ4v) is 16.1. The Bertz CT molecular complexity index is 4020. The first-order valence-electron chi connectivity index (χ1n) is 28.2. The second kappa shape index (κ2) is 26.8. The van der Waals surface area contributed by atoms with Crippen LogP contribution in [0.15, 0.2) is 63.3 Å². The van der Waals surface area contributed by atoms with E-state index >= 15 is 0 Å². The van der Waals surface area contributed by atoms with Gasteiger partial charge in [0.25, 0.3) is 23.6 Å². The molecule has 1 aliphatic carbocycles. The molecule has 3 aliphatic rings. The van der Waals surface area contributed by atoms with Gasteiger partial charge in [0.15, 0.2) is 0 Å². The summed E-state index contributed by atoms with van der Waals surface area (Å²) < 4.78 is 0. The number of fused-ring (bicyclic) bond motifs is 16. The molecule has 1 saturated heterocycles. The number of aryl methyl sites for hydroxylation is 1. The number of carbonyl (C=O) groups excluding carboxylic acids is 6. The van der Waals surface area contributed by atoms with Crippen molar-refractivity contribution in [1.82, 2.24) is 60.6 Å². The topological polar surface area (TPSA) is 376 Å². The van der Waals surface area contributed by atoms with E-state index in [0.717, 1.165) is 34.0 Å². The highest BCUT2D eigenvalue weighted by molar-refractivity contribution is 7.15. The summed E-state index contributed by atoms with van der Waals surface area (Å²) >= 11 is 7.03. The number of unbranched alkanes of at least 4 members (excludes halogenated alkanes) is 1. The Morgan fingerprint density at radius 3 is 2.11 bits per heavy atom. The van der Waals surface area contributed by atoms with E-state index in [0.29, 0.717) is 102 Å². The van der Waals surface area contributed by atoms with E-state index in [1.807, 2.05) is 6.92 Å². The van der Waals surface area contributed by atoms with Gasteiger partial charge in [0.2, 0.25) is 11.8 Å². The Labute approximate surface area is 531 Å². The van der Waals surface area contributed by atoms with Gasteiger partial charge in [0.1, 0.15) is 81.7 Å². The number of pyridine rings is 1. The van der Waals surface area contributed by atoms with Crippen molar-refractivity contribution in [2.24, 2.45) is 17.6 Å². The van der Waals surface area contributed by atoms with Crippen LogP contribution in [0.2, 0.25) is 0 Å². The maximum atomic E-state index is 15.0. The molecule has 1 saturated carbocycles. The normalized spacial score (nSPS) is 20.7. The van der Waals surface area contributed by atoms with E-state index < -0.39 is 77.5 Å². The summed E-state index contributed by atoms with van der Waals surface area (Å²) in [7, 11) is 0. The molecule has 8 aromatic rings. The first kappa shape index (κ1) is 62.3. The number of hydrogen-bond acceptors (Lipinski definition) is 23. The predicted octanol–water partition coefficient (Wildman–Crippen LogP) is 7.35. The van der Waals surface area contributed by atoms with E-state index in [4.69, 9.17) is 30.7 Å². The third kappa shape index (κ3) is 13.9. The zero-order valence-electron chi connectivity index (χ0n) is 47.5. The molecule has 462 valence electrons. The van der Waals surface area contributed by atoms with Crippen molar-refractivity contribution < 1.29 is 58.8 Å². The molecular formula is C58H57N13O12S6. The number of aromatic hydroxyl groups is 1. The number of nitrogens with two attached hydrogens (primary N) is 1. The number of phenolic OH excluding ortho intramolecular Hbond substituents is 1. The summed E-state index contributed by atoms with van der Waals surface area (Å²) in [5.41, 5.74) is 8.41. The molecule has 25 nitrogen and oxygen atoms in total. The smallest absolute Gasteiger partial charge is 0.306 e. The molecule has 10 bridgehead atoms. The largest absolute Gasteiger partial charge is 0.508 e. The molecule has 0 radical (unpaired) electrons. The first-order chi connectivity index (χ1) is 42.7. The second-order valence-electron chi connectivity index (χ2n) is 21.7.